The van der Waals surface area contributed by atoms with Gasteiger partial charge in [-0.05, 0) is 61.0 Å². The molecule has 0 radical (unpaired) electrons. The van der Waals surface area contributed by atoms with E-state index in [1.54, 1.807) is 95.3 Å². The van der Waals surface area contributed by atoms with Crippen molar-refractivity contribution in [2.75, 3.05) is 13.1 Å². The lowest BCUT2D eigenvalue weighted by Crippen LogP contribution is -2.60. The molecule has 0 aliphatic heterocycles. The number of aliphatic hydroxyl groups excluding tert-OH is 1. The van der Waals surface area contributed by atoms with E-state index < -0.39 is 114 Å². The van der Waals surface area contributed by atoms with Gasteiger partial charge in [-0.2, -0.15) is 0 Å². The summed E-state index contributed by atoms with van der Waals surface area (Å²) in [6.45, 7) is 14.6. The van der Waals surface area contributed by atoms with Crippen LogP contribution in [-0.4, -0.2) is 119 Å². The minimum atomic E-state index is -1.64. The van der Waals surface area contributed by atoms with Gasteiger partial charge in [0.05, 0.1) is 19.2 Å². The molecule has 0 saturated carbocycles. The highest BCUT2D eigenvalue weighted by molar-refractivity contribution is 6.03. The standard InChI is InChI=1S/C49H75N9O11/c1-10-30(8)40(55-38(60)25-50)47(66)53-35(21-27(2)3)45(64)51-26-39(61)52-36(24-33-19-15-12-16-20-33)46(65)58-42(29(6)7)57-44(63)34(23-32-17-13-11-14-18-32)43(62)56-41(31(9)59)48(67)54-37(49(68)69)22-28(4)5/h11-20,27-31,34-37,40-42,59H,10,21-26,50H2,1-9H3,(H,51,64)(H,52,61)(H,53,66)(H,54,67)(H,55,60)(H,56,62)(H,57,63)(H,58,65)(H,68,69)/t30-,31+,34?,35-,36-,37-,40-,41-,42+/m0/s1. The summed E-state index contributed by atoms with van der Waals surface area (Å²) < 4.78 is 0. The second-order valence-corrected chi connectivity index (χ2v) is 18.6. The molecule has 2 aromatic rings. The predicted molar refractivity (Wildman–Crippen MR) is 258 cm³/mol. The molecule has 0 saturated heterocycles. The van der Waals surface area contributed by atoms with Gasteiger partial charge in [-0.25, -0.2) is 4.79 Å². The number of carboxylic acid groups (broad SMARTS) is 1. The molecule has 69 heavy (non-hydrogen) atoms. The van der Waals surface area contributed by atoms with Gasteiger partial charge in [-0.1, -0.05) is 122 Å². The molecule has 0 bridgehead atoms. The fourth-order valence-corrected chi connectivity index (χ4v) is 7.14. The molecule has 2 aromatic carbocycles. The largest absolute Gasteiger partial charge is 0.480 e. The molecule has 0 fully saturated rings. The molecule has 2 rings (SSSR count). The molecule has 0 spiro atoms. The Morgan fingerprint density at radius 1 is 0.536 bits per heavy atom. The van der Waals surface area contributed by atoms with Crippen LogP contribution < -0.4 is 48.3 Å². The predicted octanol–water partition coefficient (Wildman–Crippen LogP) is 0.405. The molecular weight excluding hydrogens is 891 g/mol. The zero-order valence-electron chi connectivity index (χ0n) is 41.3. The van der Waals surface area contributed by atoms with Crippen molar-refractivity contribution in [1.82, 2.24) is 42.5 Å². The van der Waals surface area contributed by atoms with Gasteiger partial charge in [0.1, 0.15) is 42.3 Å². The minimum Gasteiger partial charge on any atom is -0.480 e. The van der Waals surface area contributed by atoms with E-state index in [0.29, 0.717) is 17.5 Å². The van der Waals surface area contributed by atoms with Crippen molar-refractivity contribution in [3.63, 3.8) is 0 Å². The van der Waals surface area contributed by atoms with Gasteiger partial charge >= 0.3 is 5.97 Å². The van der Waals surface area contributed by atoms with Gasteiger partial charge in [-0.3, -0.25) is 38.4 Å². The van der Waals surface area contributed by atoms with Crippen molar-refractivity contribution in [3.8, 4) is 0 Å². The first-order chi connectivity index (χ1) is 32.5. The maximum atomic E-state index is 14.2. The molecule has 1 unspecified atom stereocenters. The average Bonchev–Trinajstić information content (AvgIpc) is 3.29. The SMILES string of the molecule is CC[C@H](C)[C@H](NC(=O)CN)C(=O)N[C@@H](CC(C)C)C(=O)NCC(=O)N[C@@H](Cc1ccccc1)C(=O)N[C@@H](NC(=O)C(Cc1ccccc1)C(=O)N[C@H](C(=O)N[C@@H](CC(C)C)C(=O)O)[C@@H](C)O)C(C)C. The van der Waals surface area contributed by atoms with Crippen LogP contribution in [0.5, 0.6) is 0 Å². The van der Waals surface area contributed by atoms with Gasteiger partial charge in [0.2, 0.25) is 47.3 Å². The number of hydrogen-bond donors (Lipinski definition) is 11. The summed E-state index contributed by atoms with van der Waals surface area (Å²) in [6.07, 6.45) is -1.97. The Balaban J connectivity index is 2.35. The summed E-state index contributed by atoms with van der Waals surface area (Å²) in [5.41, 5.74) is 6.70. The van der Waals surface area contributed by atoms with Crippen molar-refractivity contribution in [2.45, 2.75) is 137 Å². The zero-order valence-corrected chi connectivity index (χ0v) is 41.3. The summed E-state index contributed by atoms with van der Waals surface area (Å²) in [7, 11) is 0. The number of rotatable bonds is 29. The van der Waals surface area contributed by atoms with Crippen LogP contribution in [0.25, 0.3) is 0 Å². The van der Waals surface area contributed by atoms with Crippen molar-refractivity contribution in [3.05, 3.63) is 71.8 Å². The number of benzene rings is 2. The molecule has 0 heterocycles. The molecule has 0 aliphatic rings. The van der Waals surface area contributed by atoms with Gasteiger partial charge < -0.3 is 58.5 Å². The minimum absolute atomic E-state index is 0.00951. The Labute approximate surface area is 405 Å². The monoisotopic (exact) mass is 966 g/mol. The quantitative estimate of drug-likeness (QED) is 0.0390. The molecule has 20 nitrogen and oxygen atoms in total. The number of amides is 8. The van der Waals surface area contributed by atoms with Gasteiger partial charge in [0.25, 0.3) is 0 Å². The van der Waals surface area contributed by atoms with Crippen LogP contribution in [0.2, 0.25) is 0 Å². The lowest BCUT2D eigenvalue weighted by molar-refractivity contribution is -0.143. The number of carbonyl (C=O) groups is 9. The third-order valence-electron chi connectivity index (χ3n) is 11.3. The average molecular weight is 966 g/mol. The second kappa shape index (κ2) is 29.5. The number of aliphatic hydroxyl groups is 1. The molecule has 9 atom stereocenters. The summed E-state index contributed by atoms with van der Waals surface area (Å²) in [4.78, 5) is 120. The normalized spacial score (nSPS) is 15.2. The third kappa shape index (κ3) is 20.8. The highest BCUT2D eigenvalue weighted by Gasteiger charge is 2.37. The van der Waals surface area contributed by atoms with Crippen molar-refractivity contribution < 1.29 is 53.4 Å². The summed E-state index contributed by atoms with van der Waals surface area (Å²) in [6, 6.07) is 11.1. The number of hydrogen-bond acceptors (Lipinski definition) is 11. The number of nitrogens with one attached hydrogen (secondary N) is 8. The molecule has 20 heteroatoms. The van der Waals surface area contributed by atoms with Crippen LogP contribution in [0, 0.1) is 29.6 Å². The topological polar surface area (TPSA) is 316 Å². The van der Waals surface area contributed by atoms with Crippen LogP contribution >= 0.6 is 0 Å². The van der Waals surface area contributed by atoms with E-state index in [0.717, 1.165) is 0 Å². The van der Waals surface area contributed by atoms with Crippen LogP contribution in [0.3, 0.4) is 0 Å². The van der Waals surface area contributed by atoms with Gasteiger partial charge in [0.15, 0.2) is 0 Å². The van der Waals surface area contributed by atoms with Crippen LogP contribution in [0.1, 0.15) is 92.7 Å². The van der Waals surface area contributed by atoms with E-state index in [-0.39, 0.29) is 50.0 Å². The highest BCUT2D eigenvalue weighted by Crippen LogP contribution is 2.15. The highest BCUT2D eigenvalue weighted by atomic mass is 16.4. The van der Waals surface area contributed by atoms with Crippen molar-refractivity contribution in [1.29, 1.82) is 0 Å². The maximum absolute atomic E-state index is 14.2. The molecule has 382 valence electrons. The molecule has 0 aliphatic carbocycles. The van der Waals surface area contributed by atoms with Gasteiger partial charge in [0, 0.05) is 6.42 Å². The van der Waals surface area contributed by atoms with Crippen molar-refractivity contribution in [2.24, 2.45) is 35.3 Å². The Hall–Kier alpha value is -6.41. The van der Waals surface area contributed by atoms with Crippen LogP contribution in [0.15, 0.2) is 60.7 Å². The smallest absolute Gasteiger partial charge is 0.326 e. The fourth-order valence-electron chi connectivity index (χ4n) is 7.14. The van der Waals surface area contributed by atoms with Crippen LogP contribution in [-0.2, 0) is 56.0 Å². The Morgan fingerprint density at radius 3 is 1.52 bits per heavy atom. The molecule has 0 aromatic heterocycles. The molecular formula is C49H75N9O11. The van der Waals surface area contributed by atoms with E-state index in [9.17, 15) is 53.4 Å². The number of carboxylic acids is 1. The Kier molecular flexibility index (Phi) is 25.1. The van der Waals surface area contributed by atoms with E-state index in [4.69, 9.17) is 5.73 Å². The molecule has 8 amide bonds. The van der Waals surface area contributed by atoms with Crippen LogP contribution in [0.4, 0.5) is 0 Å². The first-order valence-corrected chi connectivity index (χ1v) is 23.5. The van der Waals surface area contributed by atoms with Crippen molar-refractivity contribution >= 4 is 53.2 Å². The lowest BCUT2D eigenvalue weighted by atomic mass is 9.96. The zero-order chi connectivity index (χ0) is 52.0. The summed E-state index contributed by atoms with van der Waals surface area (Å²) >= 11 is 0. The Morgan fingerprint density at radius 2 is 1.03 bits per heavy atom. The summed E-state index contributed by atoms with van der Waals surface area (Å²) in [5, 5.41) is 41.1. The van der Waals surface area contributed by atoms with E-state index in [1.165, 1.54) is 6.92 Å². The first-order valence-electron chi connectivity index (χ1n) is 23.5. The lowest BCUT2D eigenvalue weighted by Gasteiger charge is -2.29. The second-order valence-electron chi connectivity index (χ2n) is 18.6. The maximum Gasteiger partial charge on any atom is 0.326 e. The fraction of sp³-hybridized carbons (Fsp3) is 0.571. The number of carbonyl (C=O) groups excluding carboxylic acids is 8. The number of nitrogens with two attached hydrogens (primary N) is 1. The first kappa shape index (κ1) is 58.7. The van der Waals surface area contributed by atoms with E-state index in [1.807, 2.05) is 20.8 Å². The summed E-state index contributed by atoms with van der Waals surface area (Å²) in [5.74, 6) is -9.82. The number of aliphatic carboxylic acids is 1. The third-order valence-corrected chi connectivity index (χ3v) is 11.3. The van der Waals surface area contributed by atoms with Gasteiger partial charge in [-0.15, -0.1) is 0 Å². The van der Waals surface area contributed by atoms with E-state index in [2.05, 4.69) is 42.5 Å². The van der Waals surface area contributed by atoms with E-state index >= 15 is 0 Å². The Bertz CT molecular complexity index is 2020. The molecule has 12 N–H and O–H groups in total.